The fraction of sp³-hybridized carbons (Fsp3) is 0.519. The molecule has 4 rings (SSSR count). The number of likely N-dealkylation sites (tertiary alicyclic amines) is 1. The molecule has 2 heterocycles. The highest BCUT2D eigenvalue weighted by molar-refractivity contribution is 6.36. The molecule has 2 aliphatic heterocycles. The second kappa shape index (κ2) is 11.2. The van der Waals surface area contributed by atoms with Crippen molar-refractivity contribution < 1.29 is 19.0 Å². The molecule has 2 aromatic rings. The molecule has 5 nitrogen and oxygen atoms in total. The molecule has 1 atom stereocenters. The smallest absolute Gasteiger partial charge is 0.307 e. The van der Waals surface area contributed by atoms with Gasteiger partial charge in [0.1, 0.15) is 17.6 Å². The van der Waals surface area contributed by atoms with E-state index in [0.717, 1.165) is 62.4 Å². The first-order valence-electron chi connectivity index (χ1n) is 12.2. The maximum Gasteiger partial charge on any atom is 0.307 e. The number of hydrogen-bond donors (Lipinski definition) is 0. The fourth-order valence-electron chi connectivity index (χ4n) is 4.86. The summed E-state index contributed by atoms with van der Waals surface area (Å²) in [5.41, 5.74) is 2.07. The van der Waals surface area contributed by atoms with Gasteiger partial charge in [-0.05, 0) is 57.5 Å². The molecule has 0 amide bonds. The van der Waals surface area contributed by atoms with Crippen LogP contribution < -0.4 is 9.47 Å². The minimum Gasteiger partial charge on any atom is -0.492 e. The summed E-state index contributed by atoms with van der Waals surface area (Å²) < 4.78 is 17.6. The largest absolute Gasteiger partial charge is 0.492 e. The quantitative estimate of drug-likeness (QED) is 0.284. The van der Waals surface area contributed by atoms with Crippen LogP contribution in [0.2, 0.25) is 10.0 Å². The van der Waals surface area contributed by atoms with Crippen molar-refractivity contribution >= 4 is 29.2 Å². The van der Waals surface area contributed by atoms with E-state index in [2.05, 4.69) is 17.9 Å². The minimum atomic E-state index is -0.286. The second-order valence-corrected chi connectivity index (χ2v) is 10.1. The van der Waals surface area contributed by atoms with Crippen molar-refractivity contribution in [3.05, 3.63) is 57.6 Å². The Balaban J connectivity index is 1.34. The molecule has 0 saturated carbocycles. The molecule has 1 spiro atoms. The zero-order valence-electron chi connectivity index (χ0n) is 19.9. The minimum absolute atomic E-state index is 0.0314. The number of rotatable bonds is 9. The molecule has 1 fully saturated rings. The molecule has 34 heavy (non-hydrogen) atoms. The fourth-order valence-corrected chi connectivity index (χ4v) is 5.56. The lowest BCUT2D eigenvalue weighted by Crippen LogP contribution is -2.44. The summed E-state index contributed by atoms with van der Waals surface area (Å²) in [5.74, 6) is 1.53. The van der Waals surface area contributed by atoms with Gasteiger partial charge in [0.15, 0.2) is 0 Å². The number of hydrogen-bond acceptors (Lipinski definition) is 5. The first-order chi connectivity index (χ1) is 16.4. The Labute approximate surface area is 212 Å². The number of nitrogens with zero attached hydrogens (tertiary/aromatic N) is 1. The van der Waals surface area contributed by atoms with Crippen molar-refractivity contribution in [1.82, 2.24) is 4.90 Å². The molecular formula is C27H33Cl2NO4. The number of ether oxygens (including phenoxy) is 3. The average molecular weight is 506 g/mol. The van der Waals surface area contributed by atoms with Gasteiger partial charge in [0.2, 0.25) is 0 Å². The molecular weight excluding hydrogens is 473 g/mol. The molecule has 0 radical (unpaired) electrons. The monoisotopic (exact) mass is 505 g/mol. The molecule has 0 N–H and O–H groups in total. The number of carbonyl (C=O) groups excluding carboxylic acids is 1. The summed E-state index contributed by atoms with van der Waals surface area (Å²) in [6.07, 6.45) is 4.15. The van der Waals surface area contributed by atoms with E-state index in [-0.39, 0.29) is 17.5 Å². The van der Waals surface area contributed by atoms with Crippen molar-refractivity contribution in [1.29, 1.82) is 0 Å². The Kier molecular flexibility index (Phi) is 8.28. The topological polar surface area (TPSA) is 48.0 Å². The normalized spacial score (nSPS) is 17.8. The van der Waals surface area contributed by atoms with E-state index in [1.165, 1.54) is 5.56 Å². The molecule has 184 valence electrons. The Morgan fingerprint density at radius 2 is 1.91 bits per heavy atom. The van der Waals surface area contributed by atoms with Crippen molar-refractivity contribution in [2.24, 2.45) is 0 Å². The van der Waals surface area contributed by atoms with E-state index in [1.807, 2.05) is 37.3 Å². The van der Waals surface area contributed by atoms with Gasteiger partial charge >= 0.3 is 5.97 Å². The summed E-state index contributed by atoms with van der Waals surface area (Å²) in [5, 5.41) is 1.19. The molecule has 1 unspecified atom stereocenters. The molecule has 0 aliphatic carbocycles. The standard InChI is InChI=1S/C27H33Cl2NO4/c1-3-4-16-32-25(31)10-13-30-14-11-27(12-15-30)18-33-24-17-20(8-9-21(24)27)34-19(2)26-22(28)6-5-7-23(26)29/h5-9,17,19H,3-4,10-16,18H2,1-2H3. The summed E-state index contributed by atoms with van der Waals surface area (Å²) in [6.45, 7) is 7.90. The van der Waals surface area contributed by atoms with Gasteiger partial charge in [-0.3, -0.25) is 4.79 Å². The highest BCUT2D eigenvalue weighted by Gasteiger charge is 2.43. The van der Waals surface area contributed by atoms with Gasteiger partial charge in [-0.1, -0.05) is 48.7 Å². The van der Waals surface area contributed by atoms with Crippen LogP contribution in [0.3, 0.4) is 0 Å². The van der Waals surface area contributed by atoms with E-state index >= 15 is 0 Å². The van der Waals surface area contributed by atoms with Crippen LogP contribution in [0.4, 0.5) is 0 Å². The molecule has 0 aromatic heterocycles. The van der Waals surface area contributed by atoms with Gasteiger partial charge < -0.3 is 19.1 Å². The van der Waals surface area contributed by atoms with Gasteiger partial charge in [0, 0.05) is 39.2 Å². The average Bonchev–Trinajstić information content (AvgIpc) is 3.16. The number of piperidine rings is 1. The Bertz CT molecular complexity index is 984. The van der Waals surface area contributed by atoms with Crippen LogP contribution in [-0.2, 0) is 14.9 Å². The van der Waals surface area contributed by atoms with Crippen LogP contribution >= 0.6 is 23.2 Å². The SMILES string of the molecule is CCCCOC(=O)CCN1CCC2(CC1)COc1cc(OC(C)c3c(Cl)cccc3Cl)ccc12. The van der Waals surface area contributed by atoms with Crippen LogP contribution in [0.1, 0.15) is 63.2 Å². The predicted octanol–water partition coefficient (Wildman–Crippen LogP) is 6.59. The summed E-state index contributed by atoms with van der Waals surface area (Å²) in [4.78, 5) is 14.3. The van der Waals surface area contributed by atoms with Gasteiger partial charge in [-0.2, -0.15) is 0 Å². The lowest BCUT2D eigenvalue weighted by Gasteiger charge is -2.38. The van der Waals surface area contributed by atoms with E-state index in [4.69, 9.17) is 37.4 Å². The van der Waals surface area contributed by atoms with Gasteiger partial charge in [-0.15, -0.1) is 0 Å². The van der Waals surface area contributed by atoms with Gasteiger partial charge in [0.05, 0.1) is 19.6 Å². The summed E-state index contributed by atoms with van der Waals surface area (Å²) in [7, 11) is 0. The molecule has 1 saturated heterocycles. The molecule has 2 aromatic carbocycles. The lowest BCUT2D eigenvalue weighted by atomic mass is 9.74. The number of carbonyl (C=O) groups is 1. The van der Waals surface area contributed by atoms with Gasteiger partial charge in [-0.25, -0.2) is 0 Å². The highest BCUT2D eigenvalue weighted by atomic mass is 35.5. The van der Waals surface area contributed by atoms with Crippen LogP contribution in [0.25, 0.3) is 0 Å². The number of halogens is 2. The van der Waals surface area contributed by atoms with Crippen LogP contribution in [0.5, 0.6) is 11.5 Å². The predicted molar refractivity (Wildman–Crippen MR) is 135 cm³/mol. The summed E-state index contributed by atoms with van der Waals surface area (Å²) >= 11 is 12.7. The Hall–Kier alpha value is -1.95. The highest BCUT2D eigenvalue weighted by Crippen LogP contribution is 2.47. The van der Waals surface area contributed by atoms with Crippen LogP contribution in [-0.4, -0.2) is 43.7 Å². The summed E-state index contributed by atoms with van der Waals surface area (Å²) in [6, 6.07) is 11.6. The Morgan fingerprint density at radius 3 is 2.62 bits per heavy atom. The Morgan fingerprint density at radius 1 is 1.18 bits per heavy atom. The third kappa shape index (κ3) is 5.64. The van der Waals surface area contributed by atoms with Crippen molar-refractivity contribution in [2.75, 3.05) is 32.8 Å². The van der Waals surface area contributed by atoms with Crippen molar-refractivity contribution in [3.8, 4) is 11.5 Å². The number of benzene rings is 2. The molecule has 0 bridgehead atoms. The van der Waals surface area contributed by atoms with Crippen molar-refractivity contribution in [2.45, 2.75) is 57.5 Å². The second-order valence-electron chi connectivity index (χ2n) is 9.29. The van der Waals surface area contributed by atoms with Crippen LogP contribution in [0.15, 0.2) is 36.4 Å². The first-order valence-corrected chi connectivity index (χ1v) is 12.9. The molecule has 2 aliphatic rings. The number of unbranched alkanes of at least 4 members (excludes halogenated alkanes) is 1. The van der Waals surface area contributed by atoms with E-state index in [1.54, 1.807) is 0 Å². The number of fused-ring (bicyclic) bond motifs is 2. The third-order valence-corrected chi connectivity index (χ3v) is 7.61. The van der Waals surface area contributed by atoms with E-state index in [0.29, 0.717) is 29.7 Å². The van der Waals surface area contributed by atoms with Crippen molar-refractivity contribution in [3.63, 3.8) is 0 Å². The van der Waals surface area contributed by atoms with Crippen LogP contribution in [0, 0.1) is 0 Å². The maximum atomic E-state index is 11.9. The molecule has 7 heteroatoms. The van der Waals surface area contributed by atoms with Gasteiger partial charge in [0.25, 0.3) is 0 Å². The lowest BCUT2D eigenvalue weighted by molar-refractivity contribution is -0.144. The zero-order chi connectivity index (χ0) is 24.1. The van der Waals surface area contributed by atoms with E-state index in [9.17, 15) is 4.79 Å². The number of esters is 1. The third-order valence-electron chi connectivity index (χ3n) is 6.95. The first kappa shape index (κ1) is 25.2. The zero-order valence-corrected chi connectivity index (χ0v) is 21.5. The van der Waals surface area contributed by atoms with E-state index < -0.39 is 0 Å². The maximum absolute atomic E-state index is 11.9.